The van der Waals surface area contributed by atoms with Crippen LogP contribution in [0.15, 0.2) is 41.4 Å². The van der Waals surface area contributed by atoms with Gasteiger partial charge in [-0.1, -0.05) is 47.8 Å². The molecule has 132 valence electrons. The molecule has 3 aromatic rings. The van der Waals surface area contributed by atoms with Crippen molar-refractivity contribution in [3.05, 3.63) is 57.6 Å². The molecule has 0 radical (unpaired) electrons. The number of thiophene rings is 1. The number of benzene rings is 1. The molecule has 0 saturated heterocycles. The fourth-order valence-electron chi connectivity index (χ4n) is 2.29. The summed E-state index contributed by atoms with van der Waals surface area (Å²) in [6.45, 7) is 0.661. The zero-order valence-corrected chi connectivity index (χ0v) is 16.9. The molecule has 3 rings (SSSR count). The largest absolute Gasteiger partial charge is 0.395 e. The fraction of sp³-hybridized carbons (Fsp3) is 0.158. The Kier molecular flexibility index (Phi) is 6.52. The number of hydrogen-bond acceptors (Lipinski definition) is 5. The highest BCUT2D eigenvalue weighted by atomic mass is 35.5. The van der Waals surface area contributed by atoms with Crippen molar-refractivity contribution in [3.8, 4) is 11.8 Å². The summed E-state index contributed by atoms with van der Waals surface area (Å²) in [5.41, 5.74) is 1.88. The number of halogens is 1. The highest BCUT2D eigenvalue weighted by Gasteiger charge is 2.12. The molecule has 0 fully saturated rings. The van der Waals surface area contributed by atoms with Gasteiger partial charge in [-0.3, -0.25) is 0 Å². The first-order chi connectivity index (χ1) is 12.6. The molecule has 7 heteroatoms. The van der Waals surface area contributed by atoms with Crippen molar-refractivity contribution < 1.29 is 5.11 Å². The van der Waals surface area contributed by atoms with E-state index in [1.807, 2.05) is 30.3 Å². The van der Waals surface area contributed by atoms with E-state index in [1.54, 1.807) is 6.20 Å². The first kappa shape index (κ1) is 19.2. The first-order valence-electron chi connectivity index (χ1n) is 7.82. The molecule has 0 aliphatic rings. The van der Waals surface area contributed by atoms with E-state index in [2.05, 4.69) is 34.8 Å². The van der Waals surface area contributed by atoms with E-state index in [0.717, 1.165) is 31.1 Å². The van der Waals surface area contributed by atoms with Crippen LogP contribution >= 0.6 is 47.8 Å². The van der Waals surface area contributed by atoms with E-state index in [9.17, 15) is 0 Å². The fourth-order valence-corrected chi connectivity index (χ4v) is 4.02. The Bertz CT molecular complexity index is 1000. The smallest absolute Gasteiger partial charge is 0.125 e. The van der Waals surface area contributed by atoms with Crippen LogP contribution in [0, 0.1) is 11.8 Å². The van der Waals surface area contributed by atoms with Gasteiger partial charge in [0.25, 0.3) is 0 Å². The van der Waals surface area contributed by atoms with Gasteiger partial charge in [-0.05, 0) is 23.8 Å². The minimum absolute atomic E-state index is 0.0612. The quantitative estimate of drug-likeness (QED) is 0.333. The summed E-state index contributed by atoms with van der Waals surface area (Å²) in [6, 6.07) is 9.58. The normalized spacial score (nSPS) is 10.4. The Hall–Kier alpha value is -1.62. The molecule has 26 heavy (non-hydrogen) atoms. The standard InChI is InChI=1S/C19H15ClN2OS3/c20-13-6-4-12(5-7-13)10-21-18(25)16-11-22-19-15(17(16)24)9-14(26-19)3-1-2-8-23/h4-7,9,11,23H,2,8,10H2,(H,21,25)(H,22,24). The van der Waals surface area contributed by atoms with E-state index >= 15 is 0 Å². The highest BCUT2D eigenvalue weighted by Crippen LogP contribution is 2.30. The number of aromatic nitrogens is 1. The number of aliphatic hydroxyl groups is 1. The third-order valence-electron chi connectivity index (χ3n) is 3.59. The van der Waals surface area contributed by atoms with Gasteiger partial charge in [0.1, 0.15) is 9.82 Å². The average molecular weight is 419 g/mol. The number of rotatable bonds is 4. The topological polar surface area (TPSA) is 45.1 Å². The van der Waals surface area contributed by atoms with Gasteiger partial charge in [0.2, 0.25) is 0 Å². The van der Waals surface area contributed by atoms with Gasteiger partial charge in [0.15, 0.2) is 0 Å². The van der Waals surface area contributed by atoms with Gasteiger partial charge in [-0.15, -0.1) is 24.0 Å². The zero-order chi connectivity index (χ0) is 18.5. The second-order valence-electron chi connectivity index (χ2n) is 5.43. The SMILES string of the molecule is OCCC#Cc1cc2c(S)c(C(=S)NCc3ccc(Cl)cc3)cnc2s1. The number of thiocarbonyl (C=S) groups is 1. The Morgan fingerprint density at radius 3 is 2.85 bits per heavy atom. The minimum atomic E-state index is 0.0612. The number of aliphatic hydroxyl groups excluding tert-OH is 1. The molecule has 0 atom stereocenters. The second-order valence-corrected chi connectivity index (χ2v) is 7.76. The molecular formula is C19H15ClN2OS3. The van der Waals surface area contributed by atoms with Crippen molar-refractivity contribution in [1.82, 2.24) is 10.3 Å². The lowest BCUT2D eigenvalue weighted by atomic mass is 10.2. The van der Waals surface area contributed by atoms with Gasteiger partial charge >= 0.3 is 0 Å². The second kappa shape index (κ2) is 8.85. The van der Waals surface area contributed by atoms with Crippen LogP contribution < -0.4 is 5.32 Å². The zero-order valence-electron chi connectivity index (χ0n) is 13.6. The number of nitrogens with one attached hydrogen (secondary N) is 1. The van der Waals surface area contributed by atoms with E-state index in [4.69, 9.17) is 28.9 Å². The van der Waals surface area contributed by atoms with E-state index in [1.165, 1.54) is 11.3 Å². The van der Waals surface area contributed by atoms with E-state index in [-0.39, 0.29) is 6.61 Å². The maximum atomic E-state index is 8.82. The molecule has 0 amide bonds. The third-order valence-corrected chi connectivity index (χ3v) is 5.65. The van der Waals surface area contributed by atoms with Crippen molar-refractivity contribution in [2.45, 2.75) is 17.9 Å². The van der Waals surface area contributed by atoms with E-state index < -0.39 is 0 Å². The molecule has 0 bridgehead atoms. The molecule has 2 heterocycles. The maximum absolute atomic E-state index is 8.82. The molecule has 0 spiro atoms. The summed E-state index contributed by atoms with van der Waals surface area (Å²) in [6.07, 6.45) is 2.20. The van der Waals surface area contributed by atoms with Crippen LogP contribution in [0.4, 0.5) is 0 Å². The van der Waals surface area contributed by atoms with Crippen LogP contribution in [0.25, 0.3) is 10.2 Å². The lowest BCUT2D eigenvalue weighted by molar-refractivity contribution is 0.305. The van der Waals surface area contributed by atoms with Gasteiger partial charge in [0, 0.05) is 40.0 Å². The monoisotopic (exact) mass is 418 g/mol. The minimum Gasteiger partial charge on any atom is -0.395 e. The summed E-state index contributed by atoms with van der Waals surface area (Å²) in [4.78, 5) is 7.63. The van der Waals surface area contributed by atoms with Crippen molar-refractivity contribution in [3.63, 3.8) is 0 Å². The Morgan fingerprint density at radius 2 is 2.12 bits per heavy atom. The molecule has 2 N–H and O–H groups in total. The van der Waals surface area contributed by atoms with Crippen LogP contribution in [0.1, 0.15) is 22.4 Å². The third kappa shape index (κ3) is 4.56. The van der Waals surface area contributed by atoms with Crippen molar-refractivity contribution >= 4 is 63.0 Å². The van der Waals surface area contributed by atoms with Crippen LogP contribution in [0.3, 0.4) is 0 Å². The van der Waals surface area contributed by atoms with Gasteiger partial charge in [-0.25, -0.2) is 4.98 Å². The average Bonchev–Trinajstić information content (AvgIpc) is 3.05. The Morgan fingerprint density at radius 1 is 1.35 bits per heavy atom. The summed E-state index contributed by atoms with van der Waals surface area (Å²) in [5, 5.41) is 13.7. The molecule has 2 aromatic heterocycles. The molecular weight excluding hydrogens is 404 g/mol. The highest BCUT2D eigenvalue weighted by molar-refractivity contribution is 7.82. The predicted molar refractivity (Wildman–Crippen MR) is 115 cm³/mol. The van der Waals surface area contributed by atoms with Crippen LogP contribution in [0.2, 0.25) is 5.02 Å². The van der Waals surface area contributed by atoms with Crippen LogP contribution in [0.5, 0.6) is 0 Å². The lowest BCUT2D eigenvalue weighted by Gasteiger charge is -2.10. The Balaban J connectivity index is 1.78. The summed E-state index contributed by atoms with van der Waals surface area (Å²) in [7, 11) is 0. The summed E-state index contributed by atoms with van der Waals surface area (Å²) in [5.74, 6) is 5.96. The predicted octanol–water partition coefficient (Wildman–Crippen LogP) is 4.44. The molecule has 0 aliphatic heterocycles. The Labute approximate surface area is 171 Å². The number of fused-ring (bicyclic) bond motifs is 1. The number of thiol groups is 1. The lowest BCUT2D eigenvalue weighted by Crippen LogP contribution is -2.22. The molecule has 1 aromatic carbocycles. The molecule has 0 unspecified atom stereocenters. The van der Waals surface area contributed by atoms with Crippen molar-refractivity contribution in [2.75, 3.05) is 6.61 Å². The van der Waals surface area contributed by atoms with Gasteiger partial charge < -0.3 is 10.4 Å². The van der Waals surface area contributed by atoms with E-state index in [0.29, 0.717) is 23.0 Å². The maximum Gasteiger partial charge on any atom is 0.125 e. The molecule has 0 saturated carbocycles. The van der Waals surface area contributed by atoms with Gasteiger partial charge in [0.05, 0.1) is 11.5 Å². The summed E-state index contributed by atoms with van der Waals surface area (Å²) >= 11 is 17.6. The summed E-state index contributed by atoms with van der Waals surface area (Å²) < 4.78 is 0. The molecule has 0 aliphatic carbocycles. The number of hydrogen-bond donors (Lipinski definition) is 3. The van der Waals surface area contributed by atoms with Crippen molar-refractivity contribution in [2.24, 2.45) is 0 Å². The number of nitrogens with zero attached hydrogens (tertiary/aromatic N) is 1. The number of pyridine rings is 1. The molecule has 3 nitrogen and oxygen atoms in total. The van der Waals surface area contributed by atoms with Crippen LogP contribution in [-0.4, -0.2) is 21.7 Å². The van der Waals surface area contributed by atoms with Gasteiger partial charge in [-0.2, -0.15) is 0 Å². The van der Waals surface area contributed by atoms with Crippen molar-refractivity contribution in [1.29, 1.82) is 0 Å². The first-order valence-corrected chi connectivity index (χ1v) is 9.87. The van der Waals surface area contributed by atoms with Crippen LogP contribution in [-0.2, 0) is 6.54 Å².